The van der Waals surface area contributed by atoms with E-state index in [-0.39, 0.29) is 35.1 Å². The fourth-order valence-corrected chi connectivity index (χ4v) is 3.78. The van der Waals surface area contributed by atoms with Crippen molar-refractivity contribution in [2.45, 2.75) is 26.8 Å². The van der Waals surface area contributed by atoms with Crippen molar-refractivity contribution in [3.8, 4) is 5.75 Å². The van der Waals surface area contributed by atoms with Gasteiger partial charge < -0.3 is 19.2 Å². The number of aromatic nitrogens is 1. The van der Waals surface area contributed by atoms with Gasteiger partial charge >= 0.3 is 29.6 Å². The molecular weight excluding hydrogens is 437 g/mol. The number of ether oxygens (including phenoxy) is 1. The minimum Gasteiger partial charge on any atom is -0.542 e. The van der Waals surface area contributed by atoms with E-state index in [1.807, 2.05) is 17.0 Å². The van der Waals surface area contributed by atoms with Gasteiger partial charge in [-0.25, -0.2) is 13.4 Å². The molecule has 1 aromatic heterocycles. The maximum absolute atomic E-state index is 12.3. The summed E-state index contributed by atoms with van der Waals surface area (Å²) in [5.41, 5.74) is 1.90. The Morgan fingerprint density at radius 3 is 2.73 bits per heavy atom. The molecule has 0 saturated carbocycles. The summed E-state index contributed by atoms with van der Waals surface area (Å²) in [6, 6.07) is 7.02. The third-order valence-corrected chi connectivity index (χ3v) is 5.13. The number of fused-ring (bicyclic) bond motifs is 1. The Bertz CT molecular complexity index is 1030. The van der Waals surface area contributed by atoms with E-state index >= 15 is 0 Å². The van der Waals surface area contributed by atoms with Gasteiger partial charge in [-0.15, -0.1) is 0 Å². The Morgan fingerprint density at radius 1 is 1.33 bits per heavy atom. The van der Waals surface area contributed by atoms with Crippen LogP contribution in [0.1, 0.15) is 35.3 Å². The topological polar surface area (TPSA) is 90.7 Å². The van der Waals surface area contributed by atoms with E-state index in [0.29, 0.717) is 48.4 Å². The van der Waals surface area contributed by atoms with Crippen LogP contribution in [0, 0.1) is 5.92 Å². The first kappa shape index (κ1) is 24.9. The predicted molar refractivity (Wildman–Crippen MR) is 113 cm³/mol. The first-order valence-electron chi connectivity index (χ1n) is 9.25. The van der Waals surface area contributed by atoms with Crippen LogP contribution in [-0.2, 0) is 23.0 Å². The van der Waals surface area contributed by atoms with Gasteiger partial charge in [0.25, 0.3) is 0 Å². The van der Waals surface area contributed by atoms with Gasteiger partial charge in [0.2, 0.25) is 0 Å². The molecule has 0 saturated heterocycles. The van der Waals surface area contributed by atoms with Crippen molar-refractivity contribution >= 4 is 33.3 Å². The molecule has 0 bridgehead atoms. The van der Waals surface area contributed by atoms with E-state index in [1.54, 1.807) is 6.07 Å². The second-order valence-corrected chi connectivity index (χ2v) is 9.50. The van der Waals surface area contributed by atoms with Gasteiger partial charge in [-0.1, -0.05) is 25.4 Å². The smallest absolute Gasteiger partial charge is 0.542 e. The second-order valence-electron chi connectivity index (χ2n) is 7.42. The van der Waals surface area contributed by atoms with Crippen molar-refractivity contribution in [2.24, 2.45) is 5.92 Å². The number of hydrogen-bond donors (Lipinski definition) is 0. The SMILES string of the molecule is CC(C)COc1ccc(Cl)cc1CN1CCc2c(C(=O)[N-]S(C)(=O)=O)ccnc21.[Na+]. The number of carbonyl (C=O) groups is 1. The molecule has 0 fully saturated rings. The largest absolute Gasteiger partial charge is 1.00 e. The van der Waals surface area contributed by atoms with E-state index in [2.05, 4.69) is 23.6 Å². The molecule has 30 heavy (non-hydrogen) atoms. The van der Waals surface area contributed by atoms with Gasteiger partial charge in [0.1, 0.15) is 11.6 Å². The fourth-order valence-electron chi connectivity index (χ4n) is 3.18. The Kier molecular flexibility index (Phi) is 8.59. The zero-order valence-corrected chi connectivity index (χ0v) is 21.1. The number of halogens is 1. The van der Waals surface area contributed by atoms with Crippen LogP contribution in [0.5, 0.6) is 5.75 Å². The number of nitrogens with zero attached hydrogens (tertiary/aromatic N) is 3. The van der Waals surface area contributed by atoms with Crippen molar-refractivity contribution < 1.29 is 47.5 Å². The summed E-state index contributed by atoms with van der Waals surface area (Å²) < 4.78 is 31.9. The van der Waals surface area contributed by atoms with Crippen LogP contribution >= 0.6 is 11.6 Å². The summed E-state index contributed by atoms with van der Waals surface area (Å²) in [6.07, 6.45) is 2.97. The average molecular weight is 460 g/mol. The third kappa shape index (κ3) is 6.34. The number of carbonyl (C=O) groups excluding carboxylic acids is 1. The number of rotatable bonds is 7. The van der Waals surface area contributed by atoms with Crippen LogP contribution in [0.15, 0.2) is 30.5 Å². The molecule has 0 unspecified atom stereocenters. The molecule has 1 aromatic carbocycles. The van der Waals surface area contributed by atoms with Crippen molar-refractivity contribution in [2.75, 3.05) is 24.3 Å². The van der Waals surface area contributed by atoms with Crippen molar-refractivity contribution in [1.82, 2.24) is 4.98 Å². The Morgan fingerprint density at radius 2 is 2.07 bits per heavy atom. The standard InChI is InChI=1S/C20H24ClN3O4S.Na/c1-13(2)12-28-18-5-4-15(21)10-14(18)11-24-9-7-16-17(6-8-22-19(16)24)20(25)23-29(3,26)27;/h4-6,8,10,13H,7,9,11-12H2,1-3H3,(H,23,25);/q;+1/p-1. The Labute approximate surface area is 204 Å². The van der Waals surface area contributed by atoms with E-state index in [4.69, 9.17) is 16.3 Å². The minimum absolute atomic E-state index is 0. The maximum Gasteiger partial charge on any atom is 1.00 e. The average Bonchev–Trinajstić information content (AvgIpc) is 3.02. The molecule has 7 nitrogen and oxygen atoms in total. The summed E-state index contributed by atoms with van der Waals surface area (Å²) in [4.78, 5) is 18.7. The molecule has 0 spiro atoms. The van der Waals surface area contributed by atoms with E-state index in [9.17, 15) is 13.2 Å². The van der Waals surface area contributed by atoms with E-state index in [1.165, 1.54) is 12.3 Å². The van der Waals surface area contributed by atoms with Crippen LogP contribution < -0.4 is 39.2 Å². The van der Waals surface area contributed by atoms with E-state index in [0.717, 1.165) is 17.6 Å². The first-order valence-corrected chi connectivity index (χ1v) is 11.5. The zero-order valence-electron chi connectivity index (χ0n) is 17.6. The summed E-state index contributed by atoms with van der Waals surface area (Å²) >= 11 is 6.19. The van der Waals surface area contributed by atoms with Crippen molar-refractivity contribution in [3.05, 3.63) is 56.9 Å². The molecule has 156 valence electrons. The normalized spacial score (nSPS) is 13.0. The maximum atomic E-state index is 12.3. The molecule has 3 rings (SSSR count). The molecule has 0 atom stereocenters. The van der Waals surface area contributed by atoms with Crippen LogP contribution in [0.4, 0.5) is 5.82 Å². The molecule has 1 aliphatic rings. The number of amides is 1. The monoisotopic (exact) mass is 459 g/mol. The minimum atomic E-state index is -3.76. The van der Waals surface area contributed by atoms with Crippen LogP contribution in [-0.4, -0.2) is 38.7 Å². The summed E-state index contributed by atoms with van der Waals surface area (Å²) in [7, 11) is -3.76. The summed E-state index contributed by atoms with van der Waals surface area (Å²) in [6.45, 7) is 5.90. The summed E-state index contributed by atoms with van der Waals surface area (Å²) in [5.74, 6) is 1.03. The van der Waals surface area contributed by atoms with Crippen LogP contribution in [0.3, 0.4) is 0 Å². The molecule has 0 radical (unpaired) electrons. The molecule has 10 heteroatoms. The third-order valence-electron chi connectivity index (χ3n) is 4.40. The van der Waals surface area contributed by atoms with Gasteiger partial charge in [-0.3, -0.25) is 0 Å². The second kappa shape index (κ2) is 10.3. The van der Waals surface area contributed by atoms with Gasteiger partial charge in [0.15, 0.2) is 0 Å². The predicted octanol–water partition coefficient (Wildman–Crippen LogP) is 0.810. The van der Waals surface area contributed by atoms with Gasteiger partial charge in [-0.2, -0.15) is 0 Å². The number of anilines is 1. The van der Waals surface area contributed by atoms with Gasteiger partial charge in [0.05, 0.1) is 22.5 Å². The van der Waals surface area contributed by atoms with Crippen molar-refractivity contribution in [3.63, 3.8) is 0 Å². The molecule has 2 aromatic rings. The summed E-state index contributed by atoms with van der Waals surface area (Å²) in [5, 5.41) is 0.611. The van der Waals surface area contributed by atoms with Gasteiger partial charge in [-0.05, 0) is 36.6 Å². The molecule has 1 aliphatic heterocycles. The zero-order chi connectivity index (χ0) is 21.2. The molecule has 2 heterocycles. The Hall–Kier alpha value is -1.32. The fraction of sp³-hybridized carbons (Fsp3) is 0.400. The first-order chi connectivity index (χ1) is 13.6. The molecule has 0 aliphatic carbocycles. The van der Waals surface area contributed by atoms with Crippen LogP contribution in [0.2, 0.25) is 5.02 Å². The molecule has 1 amide bonds. The van der Waals surface area contributed by atoms with Crippen molar-refractivity contribution in [1.29, 1.82) is 0 Å². The van der Waals surface area contributed by atoms with Gasteiger partial charge in [0, 0.05) is 47.3 Å². The molecular formula is C20H23ClN3NaO4S. The molecule has 0 N–H and O–H groups in total. The number of pyridine rings is 1. The quantitative estimate of drug-likeness (QED) is 0.569. The number of sulfonamides is 1. The number of hydrogen-bond acceptors (Lipinski definition) is 6. The number of benzene rings is 1. The van der Waals surface area contributed by atoms with Crippen LogP contribution in [0.25, 0.3) is 4.72 Å². The van der Waals surface area contributed by atoms with E-state index < -0.39 is 15.9 Å². The Balaban J connectivity index is 0.00000320.